The SMILES string of the molecule is CCOc1ncccc1CNC(=O)c1cnn(-c2ccc(Cl)cc2)c1C(F)(F)F. The lowest BCUT2D eigenvalue weighted by Crippen LogP contribution is -2.26. The van der Waals surface area contributed by atoms with Crippen LogP contribution >= 0.6 is 11.6 Å². The quantitative estimate of drug-likeness (QED) is 0.641. The third kappa shape index (κ3) is 4.68. The van der Waals surface area contributed by atoms with Gasteiger partial charge in [-0.2, -0.15) is 18.3 Å². The number of pyridine rings is 1. The van der Waals surface area contributed by atoms with E-state index in [0.29, 0.717) is 27.8 Å². The minimum atomic E-state index is -4.80. The van der Waals surface area contributed by atoms with E-state index in [2.05, 4.69) is 15.4 Å². The number of amides is 1. The van der Waals surface area contributed by atoms with Crippen molar-refractivity contribution in [3.8, 4) is 11.6 Å². The molecule has 0 aliphatic heterocycles. The van der Waals surface area contributed by atoms with Gasteiger partial charge in [0.25, 0.3) is 5.91 Å². The van der Waals surface area contributed by atoms with Crippen molar-refractivity contribution in [2.24, 2.45) is 0 Å². The number of hydrogen-bond donors (Lipinski definition) is 1. The number of hydrogen-bond acceptors (Lipinski definition) is 4. The van der Waals surface area contributed by atoms with Crippen molar-refractivity contribution in [2.75, 3.05) is 6.61 Å². The Bertz CT molecular complexity index is 1000. The van der Waals surface area contributed by atoms with Crippen LogP contribution in [-0.4, -0.2) is 27.3 Å². The number of nitrogens with zero attached hydrogens (tertiary/aromatic N) is 3. The fraction of sp³-hybridized carbons (Fsp3) is 0.211. The van der Waals surface area contributed by atoms with Crippen LogP contribution in [0, 0.1) is 0 Å². The fourth-order valence-corrected chi connectivity index (χ4v) is 2.79. The maximum atomic E-state index is 13.7. The van der Waals surface area contributed by atoms with Gasteiger partial charge in [-0.25, -0.2) is 9.67 Å². The maximum absolute atomic E-state index is 13.7. The highest BCUT2D eigenvalue weighted by molar-refractivity contribution is 6.30. The predicted molar refractivity (Wildman–Crippen MR) is 100 cm³/mol. The molecule has 0 bridgehead atoms. The third-order valence-corrected chi connectivity index (χ3v) is 4.18. The van der Waals surface area contributed by atoms with Crippen molar-refractivity contribution >= 4 is 17.5 Å². The van der Waals surface area contributed by atoms with Crippen LogP contribution in [-0.2, 0) is 12.7 Å². The lowest BCUT2D eigenvalue weighted by Gasteiger charge is -2.13. The van der Waals surface area contributed by atoms with Gasteiger partial charge in [-0.3, -0.25) is 4.79 Å². The molecule has 0 aliphatic carbocycles. The number of rotatable bonds is 6. The highest BCUT2D eigenvalue weighted by Gasteiger charge is 2.40. The number of aromatic nitrogens is 3. The minimum absolute atomic E-state index is 0.0502. The van der Waals surface area contributed by atoms with Crippen LogP contribution < -0.4 is 10.1 Å². The first kappa shape index (κ1) is 20.7. The number of ether oxygens (including phenoxy) is 1. The van der Waals surface area contributed by atoms with Gasteiger partial charge in [-0.15, -0.1) is 0 Å². The first-order valence-corrected chi connectivity index (χ1v) is 8.95. The Morgan fingerprint density at radius 1 is 1.24 bits per heavy atom. The molecular formula is C19H16ClF3N4O2. The Labute approximate surface area is 169 Å². The molecule has 1 amide bonds. The zero-order valence-corrected chi connectivity index (χ0v) is 16.0. The number of carbonyl (C=O) groups excluding carboxylic acids is 1. The first-order valence-electron chi connectivity index (χ1n) is 8.57. The number of halogens is 4. The monoisotopic (exact) mass is 424 g/mol. The van der Waals surface area contributed by atoms with Gasteiger partial charge < -0.3 is 10.1 Å². The molecule has 0 unspecified atom stereocenters. The molecule has 1 aromatic carbocycles. The van der Waals surface area contributed by atoms with Gasteiger partial charge in [0.15, 0.2) is 5.69 Å². The number of nitrogens with one attached hydrogen (secondary N) is 1. The van der Waals surface area contributed by atoms with Crippen LogP contribution in [0.5, 0.6) is 5.88 Å². The van der Waals surface area contributed by atoms with Gasteiger partial charge in [0.1, 0.15) is 0 Å². The summed E-state index contributed by atoms with van der Waals surface area (Å²) in [7, 11) is 0. The van der Waals surface area contributed by atoms with Crippen molar-refractivity contribution in [3.05, 3.63) is 70.6 Å². The summed E-state index contributed by atoms with van der Waals surface area (Å²) < 4.78 is 47.1. The van der Waals surface area contributed by atoms with E-state index in [4.69, 9.17) is 16.3 Å². The number of benzene rings is 1. The second kappa shape index (κ2) is 8.52. The van der Waals surface area contributed by atoms with Crippen LogP contribution in [0.2, 0.25) is 5.02 Å². The van der Waals surface area contributed by atoms with Crippen molar-refractivity contribution in [3.63, 3.8) is 0 Å². The van der Waals surface area contributed by atoms with Gasteiger partial charge in [0.2, 0.25) is 5.88 Å². The van der Waals surface area contributed by atoms with Gasteiger partial charge in [-0.05, 0) is 37.3 Å². The highest BCUT2D eigenvalue weighted by atomic mass is 35.5. The molecule has 0 spiro atoms. The third-order valence-electron chi connectivity index (χ3n) is 3.92. The van der Waals surface area contributed by atoms with E-state index in [-0.39, 0.29) is 12.2 Å². The molecule has 2 heterocycles. The normalized spacial score (nSPS) is 11.3. The van der Waals surface area contributed by atoms with Crippen LogP contribution in [0.1, 0.15) is 28.5 Å². The molecular weight excluding hydrogens is 409 g/mol. The second-order valence-electron chi connectivity index (χ2n) is 5.88. The zero-order valence-electron chi connectivity index (χ0n) is 15.2. The molecule has 29 heavy (non-hydrogen) atoms. The smallest absolute Gasteiger partial charge is 0.434 e. The van der Waals surface area contributed by atoms with Crippen molar-refractivity contribution < 1.29 is 22.7 Å². The molecule has 0 saturated heterocycles. The molecule has 6 nitrogen and oxygen atoms in total. The Morgan fingerprint density at radius 3 is 2.62 bits per heavy atom. The number of alkyl halides is 3. The van der Waals surface area contributed by atoms with Gasteiger partial charge in [0.05, 0.1) is 24.1 Å². The van der Waals surface area contributed by atoms with Gasteiger partial charge in [0, 0.05) is 23.3 Å². The predicted octanol–water partition coefficient (Wildman–Crippen LogP) is 4.27. The highest BCUT2D eigenvalue weighted by Crippen LogP contribution is 2.34. The second-order valence-corrected chi connectivity index (χ2v) is 6.31. The van der Waals surface area contributed by atoms with E-state index in [1.807, 2.05) is 0 Å². The van der Waals surface area contributed by atoms with Gasteiger partial charge >= 0.3 is 6.18 Å². The van der Waals surface area contributed by atoms with E-state index < -0.39 is 23.3 Å². The molecule has 0 fully saturated rings. The van der Waals surface area contributed by atoms with Crippen LogP contribution in [0.4, 0.5) is 13.2 Å². The van der Waals surface area contributed by atoms with E-state index >= 15 is 0 Å². The summed E-state index contributed by atoms with van der Waals surface area (Å²) in [5.74, 6) is -0.605. The standard InChI is InChI=1S/C19H16ClF3N4O2/c1-2-29-18-12(4-3-9-24-18)10-25-17(28)15-11-26-27(16(15)19(21,22)23)14-7-5-13(20)6-8-14/h3-9,11H,2,10H2,1H3,(H,25,28). The summed E-state index contributed by atoms with van der Waals surface area (Å²) in [6.07, 6.45) is -2.39. The van der Waals surface area contributed by atoms with E-state index in [9.17, 15) is 18.0 Å². The van der Waals surface area contributed by atoms with Crippen molar-refractivity contribution in [1.29, 1.82) is 0 Å². The molecule has 0 aliphatic rings. The molecule has 3 aromatic rings. The molecule has 2 aromatic heterocycles. The van der Waals surface area contributed by atoms with E-state index in [0.717, 1.165) is 6.20 Å². The summed E-state index contributed by atoms with van der Waals surface area (Å²) in [4.78, 5) is 16.6. The number of carbonyl (C=O) groups is 1. The average Bonchev–Trinajstić information content (AvgIpc) is 3.14. The van der Waals surface area contributed by atoms with Gasteiger partial charge in [-0.1, -0.05) is 17.7 Å². The Balaban J connectivity index is 1.89. The van der Waals surface area contributed by atoms with E-state index in [1.165, 1.54) is 30.5 Å². The lowest BCUT2D eigenvalue weighted by molar-refractivity contribution is -0.143. The van der Waals surface area contributed by atoms with Crippen molar-refractivity contribution in [2.45, 2.75) is 19.6 Å². The summed E-state index contributed by atoms with van der Waals surface area (Å²) in [5, 5.41) is 6.60. The zero-order chi connectivity index (χ0) is 21.0. The molecule has 3 rings (SSSR count). The molecule has 0 radical (unpaired) electrons. The minimum Gasteiger partial charge on any atom is -0.478 e. The lowest BCUT2D eigenvalue weighted by atomic mass is 10.2. The Kier molecular flexibility index (Phi) is 6.07. The average molecular weight is 425 g/mol. The van der Waals surface area contributed by atoms with Crippen molar-refractivity contribution in [1.82, 2.24) is 20.1 Å². The first-order chi connectivity index (χ1) is 13.8. The van der Waals surface area contributed by atoms with Crippen LogP contribution in [0.15, 0.2) is 48.8 Å². The fourth-order valence-electron chi connectivity index (χ4n) is 2.66. The molecule has 152 valence electrons. The largest absolute Gasteiger partial charge is 0.478 e. The Hall–Kier alpha value is -3.07. The Morgan fingerprint density at radius 2 is 1.97 bits per heavy atom. The molecule has 10 heteroatoms. The van der Waals surface area contributed by atoms with E-state index in [1.54, 1.807) is 19.1 Å². The van der Waals surface area contributed by atoms with Crippen LogP contribution in [0.25, 0.3) is 5.69 Å². The molecule has 1 N–H and O–H groups in total. The summed E-state index contributed by atoms with van der Waals surface area (Å²) >= 11 is 5.79. The van der Waals surface area contributed by atoms with Crippen LogP contribution in [0.3, 0.4) is 0 Å². The summed E-state index contributed by atoms with van der Waals surface area (Å²) in [6.45, 7) is 2.09. The topological polar surface area (TPSA) is 69.0 Å². The summed E-state index contributed by atoms with van der Waals surface area (Å²) in [5.41, 5.74) is -1.09. The molecule has 0 atom stereocenters. The molecule has 0 saturated carbocycles. The maximum Gasteiger partial charge on any atom is 0.434 e. The summed E-state index contributed by atoms with van der Waals surface area (Å²) in [6, 6.07) is 8.96.